The van der Waals surface area contributed by atoms with E-state index in [1.54, 1.807) is 20.8 Å². The highest BCUT2D eigenvalue weighted by Crippen LogP contribution is 2.39. The summed E-state index contributed by atoms with van der Waals surface area (Å²) in [6.07, 6.45) is -3.27. The second-order valence-corrected chi connectivity index (χ2v) is 11.4. The van der Waals surface area contributed by atoms with Gasteiger partial charge in [0.2, 0.25) is 13.8 Å². The van der Waals surface area contributed by atoms with Gasteiger partial charge in [-0.05, 0) is 50.3 Å². The molecule has 2 aliphatic heterocycles. The van der Waals surface area contributed by atoms with E-state index >= 15 is 0 Å². The summed E-state index contributed by atoms with van der Waals surface area (Å²) >= 11 is 0. The molecule has 9 heteroatoms. The summed E-state index contributed by atoms with van der Waals surface area (Å²) in [6.45, 7) is 5.18. The predicted molar refractivity (Wildman–Crippen MR) is 157 cm³/mol. The molecule has 2 heterocycles. The molecule has 3 aromatic carbocycles. The maximum absolute atomic E-state index is 14.3. The molecule has 2 aliphatic rings. The van der Waals surface area contributed by atoms with Crippen LogP contribution in [-0.4, -0.2) is 70.6 Å². The lowest BCUT2D eigenvalue weighted by Gasteiger charge is -2.34. The number of aliphatic hydroxyl groups excluding tert-OH is 1. The summed E-state index contributed by atoms with van der Waals surface area (Å²) in [5.74, 6) is -2.34. The highest BCUT2D eigenvalue weighted by Gasteiger charge is 2.54. The maximum atomic E-state index is 14.3. The fourth-order valence-electron chi connectivity index (χ4n) is 6.28. The van der Waals surface area contributed by atoms with Crippen LogP contribution in [0.2, 0.25) is 0 Å². The van der Waals surface area contributed by atoms with E-state index in [-0.39, 0.29) is 6.42 Å². The molecule has 0 unspecified atom stereocenters. The van der Waals surface area contributed by atoms with Gasteiger partial charge in [-0.3, -0.25) is 9.59 Å². The van der Waals surface area contributed by atoms with Gasteiger partial charge in [-0.2, -0.15) is 0 Å². The summed E-state index contributed by atoms with van der Waals surface area (Å²) < 4.78 is 12.0. The van der Waals surface area contributed by atoms with Gasteiger partial charge in [-0.1, -0.05) is 91.0 Å². The monoisotopic (exact) mass is 566 g/mol. The number of nitrogens with zero attached hydrogens (tertiary/aromatic N) is 2. The fraction of sp³-hybridized carbons (Fsp3) is 0.364. The van der Waals surface area contributed by atoms with E-state index in [9.17, 15) is 19.5 Å². The van der Waals surface area contributed by atoms with Crippen LogP contribution in [0.3, 0.4) is 0 Å². The minimum absolute atomic E-state index is 0.141. The molecule has 5 rings (SSSR count). The molecule has 216 valence electrons. The first-order chi connectivity index (χ1) is 20.1. The Kier molecular flexibility index (Phi) is 8.52. The molecule has 42 heavy (non-hydrogen) atoms. The number of amides is 3. The van der Waals surface area contributed by atoms with E-state index in [1.807, 2.05) is 91.0 Å². The van der Waals surface area contributed by atoms with Crippen molar-refractivity contribution in [2.75, 3.05) is 0 Å². The molecule has 3 aromatic rings. The Balaban J connectivity index is 1.50. The highest BCUT2D eigenvalue weighted by atomic mass is 16.6. The molecule has 0 spiro atoms. The van der Waals surface area contributed by atoms with Crippen molar-refractivity contribution in [1.82, 2.24) is 9.80 Å². The van der Waals surface area contributed by atoms with Crippen LogP contribution < -0.4 is 0 Å². The number of benzene rings is 3. The van der Waals surface area contributed by atoms with Crippen LogP contribution in [0.15, 0.2) is 91.0 Å². The Morgan fingerprint density at radius 3 is 2.05 bits per heavy atom. The van der Waals surface area contributed by atoms with Gasteiger partial charge in [-0.25, -0.2) is 9.69 Å². The maximum Gasteiger partial charge on any atom is 0.417 e. The molecule has 2 fully saturated rings. The van der Waals surface area contributed by atoms with E-state index < -0.39 is 59.8 Å². The van der Waals surface area contributed by atoms with Crippen LogP contribution in [-0.2, 0) is 27.1 Å². The first-order valence-corrected chi connectivity index (χ1v) is 14.2. The van der Waals surface area contributed by atoms with Gasteiger partial charge < -0.3 is 19.5 Å². The van der Waals surface area contributed by atoms with E-state index in [4.69, 9.17) is 17.3 Å². The molecule has 0 saturated carbocycles. The summed E-state index contributed by atoms with van der Waals surface area (Å²) in [6, 6.07) is 26.8. The van der Waals surface area contributed by atoms with Gasteiger partial charge in [0, 0.05) is 0 Å². The first-order valence-electron chi connectivity index (χ1n) is 14.2. The fourth-order valence-corrected chi connectivity index (χ4v) is 6.28. The lowest BCUT2D eigenvalue weighted by molar-refractivity contribution is -0.146. The zero-order chi connectivity index (χ0) is 30.0. The van der Waals surface area contributed by atoms with Crippen LogP contribution in [0.1, 0.15) is 43.6 Å². The largest absolute Gasteiger partial charge is 0.439 e. The molecule has 0 aliphatic carbocycles. The Labute approximate surface area is 247 Å². The van der Waals surface area contributed by atoms with Gasteiger partial charge >= 0.3 is 6.09 Å². The van der Waals surface area contributed by atoms with E-state index in [0.29, 0.717) is 6.42 Å². The minimum atomic E-state index is -1.38. The zero-order valence-electron chi connectivity index (χ0n) is 24.0. The average molecular weight is 566 g/mol. The number of hydrogen-bond donors (Lipinski definition) is 1. The number of hydrogen-bond acceptors (Lipinski definition) is 6. The number of cyclic esters (lactones) is 1. The van der Waals surface area contributed by atoms with Gasteiger partial charge in [0.25, 0.3) is 0 Å². The molecule has 0 aromatic heterocycles. The van der Waals surface area contributed by atoms with Gasteiger partial charge in [0.15, 0.2) is 5.81 Å². The van der Waals surface area contributed by atoms with E-state index in [0.717, 1.165) is 21.6 Å². The smallest absolute Gasteiger partial charge is 0.417 e. The van der Waals surface area contributed by atoms with Crippen molar-refractivity contribution in [1.29, 1.82) is 0 Å². The van der Waals surface area contributed by atoms with E-state index in [2.05, 4.69) is 0 Å². The number of carbonyl (C=O) groups is 3. The van der Waals surface area contributed by atoms with Crippen molar-refractivity contribution in [3.63, 3.8) is 0 Å². The second-order valence-electron chi connectivity index (χ2n) is 11.4. The first kappa shape index (κ1) is 29.5. The standard InChI is InChI=1S/C33H35BN2O6/c1-21-28(24-17-11-6-12-18-24)41-32(40)35(21)30(38)25(19-22-13-7-4-8-14-22)27(37)29-26(20-23-15-9-5-10-16-23)36(31(34)39)33(2,3)42-29/h4-18,21,25-29,37H,19-20H2,1-3H3/t21-,25-,26+,27-,28-,29-/m0/s1. The summed E-state index contributed by atoms with van der Waals surface area (Å²) in [4.78, 5) is 42.7. The van der Waals surface area contributed by atoms with Crippen LogP contribution in [0.4, 0.5) is 9.59 Å². The topological polar surface area (TPSA) is 96.4 Å². The summed E-state index contributed by atoms with van der Waals surface area (Å²) in [7, 11) is 5.83. The van der Waals surface area contributed by atoms with Crippen molar-refractivity contribution in [2.24, 2.45) is 5.92 Å². The van der Waals surface area contributed by atoms with Gasteiger partial charge in [0.1, 0.15) is 17.9 Å². The molecule has 6 atom stereocenters. The third-order valence-corrected chi connectivity index (χ3v) is 8.24. The Morgan fingerprint density at radius 1 is 0.929 bits per heavy atom. The molecule has 2 radical (unpaired) electrons. The van der Waals surface area contributed by atoms with Crippen molar-refractivity contribution in [2.45, 2.75) is 69.7 Å². The Morgan fingerprint density at radius 2 is 1.48 bits per heavy atom. The molecule has 8 nitrogen and oxygen atoms in total. The van der Waals surface area contributed by atoms with Crippen LogP contribution in [0.5, 0.6) is 0 Å². The number of imide groups is 1. The van der Waals surface area contributed by atoms with Crippen molar-refractivity contribution < 1.29 is 29.0 Å². The third kappa shape index (κ3) is 5.85. The highest BCUT2D eigenvalue weighted by molar-refractivity contribution is 6.57. The molecular formula is C33H35BN2O6. The van der Waals surface area contributed by atoms with E-state index in [1.165, 1.54) is 4.90 Å². The predicted octanol–water partition coefficient (Wildman–Crippen LogP) is 4.65. The second kappa shape index (κ2) is 12.1. The third-order valence-electron chi connectivity index (χ3n) is 8.24. The van der Waals surface area contributed by atoms with Gasteiger partial charge in [0.05, 0.1) is 24.1 Å². The zero-order valence-corrected chi connectivity index (χ0v) is 24.0. The molecule has 2 saturated heterocycles. The normalized spacial score (nSPS) is 24.7. The number of carbonyl (C=O) groups excluding carboxylic acids is 3. The van der Waals surface area contributed by atoms with Crippen LogP contribution in [0.25, 0.3) is 0 Å². The molecule has 1 N–H and O–H groups in total. The SMILES string of the molecule is [B]C(=O)N1[C@H](Cc2ccccc2)[C@@H]([C@@H](O)[C@H](Cc2ccccc2)C(=O)N2C(=O)O[C@H](c3ccccc3)[C@@H]2C)OC1(C)C. The molecule has 0 bridgehead atoms. The Hall–Kier alpha value is -3.95. The minimum Gasteiger partial charge on any atom is -0.439 e. The van der Waals surface area contributed by atoms with Crippen molar-refractivity contribution in [3.05, 3.63) is 108 Å². The van der Waals surface area contributed by atoms with Crippen molar-refractivity contribution >= 4 is 25.7 Å². The molecular weight excluding hydrogens is 531 g/mol. The Bertz CT molecular complexity index is 1400. The average Bonchev–Trinajstić information content (AvgIpc) is 3.43. The number of rotatable bonds is 8. The number of aliphatic hydroxyl groups is 1. The molecule has 3 amide bonds. The lowest BCUT2D eigenvalue weighted by atomic mass is 9.85. The van der Waals surface area contributed by atoms with Gasteiger partial charge in [-0.15, -0.1) is 0 Å². The number of ether oxygens (including phenoxy) is 2. The summed E-state index contributed by atoms with van der Waals surface area (Å²) in [5.41, 5.74) is 1.35. The lowest BCUT2D eigenvalue weighted by Crippen LogP contribution is -2.53. The summed E-state index contributed by atoms with van der Waals surface area (Å²) in [5, 5.41) is 12.0. The van der Waals surface area contributed by atoms with Crippen LogP contribution >= 0.6 is 0 Å². The quantitative estimate of drug-likeness (QED) is 0.399. The van der Waals surface area contributed by atoms with Crippen LogP contribution in [0, 0.1) is 5.92 Å². The van der Waals surface area contributed by atoms with Crippen molar-refractivity contribution in [3.8, 4) is 0 Å².